The van der Waals surface area contributed by atoms with Crippen molar-refractivity contribution in [1.82, 2.24) is 9.88 Å². The van der Waals surface area contributed by atoms with Crippen LogP contribution < -0.4 is 9.47 Å². The van der Waals surface area contributed by atoms with Crippen LogP contribution in [0.15, 0.2) is 17.6 Å². The molecule has 0 bridgehead atoms. The lowest BCUT2D eigenvalue weighted by molar-refractivity contribution is 0.0767. The zero-order valence-electron chi connectivity index (χ0n) is 13.6. The van der Waals surface area contributed by atoms with E-state index in [2.05, 4.69) is 4.98 Å². The van der Waals surface area contributed by atoms with Gasteiger partial charge in [0.1, 0.15) is 4.88 Å². The topological polar surface area (TPSA) is 51.7 Å². The first kappa shape index (κ1) is 15.8. The highest BCUT2D eigenvalue weighted by molar-refractivity contribution is 7.11. The Morgan fingerprint density at radius 2 is 1.70 bits per heavy atom. The van der Waals surface area contributed by atoms with Crippen molar-refractivity contribution in [2.75, 3.05) is 27.3 Å². The van der Waals surface area contributed by atoms with Gasteiger partial charge in [0, 0.05) is 13.1 Å². The smallest absolute Gasteiger partial charge is 0.265 e. The van der Waals surface area contributed by atoms with Crippen LogP contribution in [0.4, 0.5) is 0 Å². The number of benzene rings is 1. The van der Waals surface area contributed by atoms with Gasteiger partial charge < -0.3 is 14.4 Å². The van der Waals surface area contributed by atoms with E-state index >= 15 is 0 Å². The van der Waals surface area contributed by atoms with Crippen molar-refractivity contribution in [3.05, 3.63) is 39.3 Å². The average molecular weight is 332 g/mol. The molecule has 6 heteroatoms. The summed E-state index contributed by atoms with van der Waals surface area (Å²) in [7, 11) is 3.28. The molecule has 5 nitrogen and oxygen atoms in total. The third kappa shape index (κ3) is 3.03. The summed E-state index contributed by atoms with van der Waals surface area (Å²) >= 11 is 1.41. The van der Waals surface area contributed by atoms with Gasteiger partial charge in [0.15, 0.2) is 11.5 Å². The van der Waals surface area contributed by atoms with Crippen molar-refractivity contribution in [3.8, 4) is 11.5 Å². The molecule has 0 unspecified atom stereocenters. The van der Waals surface area contributed by atoms with Crippen molar-refractivity contribution >= 4 is 17.2 Å². The monoisotopic (exact) mass is 332 g/mol. The Morgan fingerprint density at radius 1 is 1.13 bits per heavy atom. The molecule has 0 N–H and O–H groups in total. The number of rotatable bonds is 3. The standard InChI is InChI=1S/C17H20N2O3S/c1-11-16(23-10-18-11)17(20)19-6-4-12-8-14(21-2)15(22-3)9-13(12)5-7-19/h8-10H,4-7H2,1-3H3. The molecule has 1 aromatic carbocycles. The van der Waals surface area contributed by atoms with Crippen LogP contribution in [-0.4, -0.2) is 43.1 Å². The highest BCUT2D eigenvalue weighted by Gasteiger charge is 2.23. The Labute approximate surface area is 139 Å². The quantitative estimate of drug-likeness (QED) is 0.867. The van der Waals surface area contributed by atoms with Gasteiger partial charge in [-0.05, 0) is 43.0 Å². The van der Waals surface area contributed by atoms with Crippen LogP contribution >= 0.6 is 11.3 Å². The van der Waals surface area contributed by atoms with Gasteiger partial charge in [-0.25, -0.2) is 4.98 Å². The van der Waals surface area contributed by atoms with E-state index in [1.165, 1.54) is 22.5 Å². The Morgan fingerprint density at radius 3 is 2.13 bits per heavy atom. The summed E-state index contributed by atoms with van der Waals surface area (Å²) < 4.78 is 10.8. The fourth-order valence-corrected chi connectivity index (χ4v) is 3.67. The predicted octanol–water partition coefficient (Wildman–Crippen LogP) is 2.71. The zero-order chi connectivity index (χ0) is 16.4. The van der Waals surface area contributed by atoms with Crippen LogP contribution in [0.5, 0.6) is 11.5 Å². The number of hydrogen-bond donors (Lipinski definition) is 0. The molecule has 1 aliphatic rings. The van der Waals surface area contributed by atoms with Crippen molar-refractivity contribution in [3.63, 3.8) is 0 Å². The molecule has 2 heterocycles. The second-order valence-corrected chi connectivity index (χ2v) is 6.39. The van der Waals surface area contributed by atoms with Crippen molar-refractivity contribution in [2.24, 2.45) is 0 Å². The molecule has 0 saturated heterocycles. The zero-order valence-corrected chi connectivity index (χ0v) is 14.4. The molecule has 122 valence electrons. The first-order chi connectivity index (χ1) is 11.1. The predicted molar refractivity (Wildman–Crippen MR) is 89.7 cm³/mol. The van der Waals surface area contributed by atoms with E-state index in [0.717, 1.165) is 34.9 Å². The van der Waals surface area contributed by atoms with Crippen molar-refractivity contribution in [2.45, 2.75) is 19.8 Å². The van der Waals surface area contributed by atoms with Gasteiger partial charge in [0.25, 0.3) is 5.91 Å². The first-order valence-electron chi connectivity index (χ1n) is 7.57. The van der Waals surface area contributed by atoms with Crippen molar-refractivity contribution < 1.29 is 14.3 Å². The van der Waals surface area contributed by atoms with Gasteiger partial charge in [0.05, 0.1) is 25.4 Å². The van der Waals surface area contributed by atoms with E-state index in [1.807, 2.05) is 24.0 Å². The van der Waals surface area contributed by atoms with E-state index in [9.17, 15) is 4.79 Å². The van der Waals surface area contributed by atoms with Gasteiger partial charge in [-0.2, -0.15) is 0 Å². The molecule has 0 radical (unpaired) electrons. The van der Waals surface area contributed by atoms with E-state index in [-0.39, 0.29) is 5.91 Å². The van der Waals surface area contributed by atoms with Crippen LogP contribution in [0.2, 0.25) is 0 Å². The van der Waals surface area contributed by atoms with Gasteiger partial charge >= 0.3 is 0 Å². The summed E-state index contributed by atoms with van der Waals surface area (Å²) in [6, 6.07) is 4.06. The lowest BCUT2D eigenvalue weighted by atomic mass is 10.0. The third-order valence-corrected chi connectivity index (χ3v) is 5.15. The molecule has 2 aromatic rings. The minimum atomic E-state index is 0.0803. The van der Waals surface area contributed by atoms with Crippen LogP contribution in [0.3, 0.4) is 0 Å². The lowest BCUT2D eigenvalue weighted by Crippen LogP contribution is -2.33. The molecule has 0 spiro atoms. The summed E-state index contributed by atoms with van der Waals surface area (Å²) in [6.45, 7) is 3.29. The molecule has 1 amide bonds. The number of thiazole rings is 1. The second-order valence-electron chi connectivity index (χ2n) is 5.53. The number of ether oxygens (including phenoxy) is 2. The van der Waals surface area contributed by atoms with Crippen LogP contribution in [-0.2, 0) is 12.8 Å². The van der Waals surface area contributed by atoms with E-state index < -0.39 is 0 Å². The number of methoxy groups -OCH3 is 2. The Balaban J connectivity index is 1.82. The number of aromatic nitrogens is 1. The molecule has 0 saturated carbocycles. The summed E-state index contributed by atoms with van der Waals surface area (Å²) in [5.41, 5.74) is 4.98. The third-order valence-electron chi connectivity index (χ3n) is 4.23. The molecule has 3 rings (SSSR count). The molecule has 0 fully saturated rings. The molecule has 0 aliphatic carbocycles. The van der Waals surface area contributed by atoms with Gasteiger partial charge in [-0.3, -0.25) is 4.79 Å². The number of nitrogens with zero attached hydrogens (tertiary/aromatic N) is 2. The van der Waals surface area contributed by atoms with Gasteiger partial charge in [-0.1, -0.05) is 0 Å². The largest absolute Gasteiger partial charge is 0.493 e. The molecule has 1 aromatic heterocycles. The summed E-state index contributed by atoms with van der Waals surface area (Å²) in [5.74, 6) is 1.56. The number of amides is 1. The van der Waals surface area contributed by atoms with Gasteiger partial charge in [0.2, 0.25) is 0 Å². The van der Waals surface area contributed by atoms with E-state index in [0.29, 0.717) is 13.1 Å². The number of fused-ring (bicyclic) bond motifs is 1. The van der Waals surface area contributed by atoms with Gasteiger partial charge in [-0.15, -0.1) is 11.3 Å². The van der Waals surface area contributed by atoms with Crippen LogP contribution in [0.1, 0.15) is 26.5 Å². The fourth-order valence-electron chi connectivity index (χ4n) is 2.91. The maximum Gasteiger partial charge on any atom is 0.265 e. The molecular weight excluding hydrogens is 312 g/mol. The Hall–Kier alpha value is -2.08. The average Bonchev–Trinajstić information content (AvgIpc) is 2.89. The SMILES string of the molecule is COc1cc2c(cc1OC)CCN(C(=O)c1scnc1C)CC2. The highest BCUT2D eigenvalue weighted by atomic mass is 32.1. The Bertz CT molecular complexity index is 692. The summed E-state index contributed by atoms with van der Waals surface area (Å²) in [6.07, 6.45) is 1.64. The first-order valence-corrected chi connectivity index (χ1v) is 8.45. The summed E-state index contributed by atoms with van der Waals surface area (Å²) in [5, 5.41) is 0. The maximum atomic E-state index is 12.7. The normalized spacial score (nSPS) is 14.1. The molecule has 1 aliphatic heterocycles. The number of aryl methyl sites for hydroxylation is 1. The molecule has 0 atom stereocenters. The lowest BCUT2D eigenvalue weighted by Gasteiger charge is -2.19. The van der Waals surface area contributed by atoms with Crippen LogP contribution in [0.25, 0.3) is 0 Å². The fraction of sp³-hybridized carbons (Fsp3) is 0.412. The Kier molecular flexibility index (Phi) is 4.52. The van der Waals surface area contributed by atoms with Crippen molar-refractivity contribution in [1.29, 1.82) is 0 Å². The minimum Gasteiger partial charge on any atom is -0.493 e. The number of carbonyl (C=O) groups is 1. The van der Waals surface area contributed by atoms with Crippen LogP contribution in [0, 0.1) is 6.92 Å². The number of carbonyl (C=O) groups excluding carboxylic acids is 1. The maximum absolute atomic E-state index is 12.7. The molecule has 23 heavy (non-hydrogen) atoms. The van der Waals surface area contributed by atoms with E-state index in [4.69, 9.17) is 9.47 Å². The summed E-state index contributed by atoms with van der Waals surface area (Å²) in [4.78, 5) is 19.5. The van der Waals surface area contributed by atoms with E-state index in [1.54, 1.807) is 19.7 Å². The second kappa shape index (κ2) is 6.58. The number of hydrogen-bond acceptors (Lipinski definition) is 5. The molecular formula is C17H20N2O3S. The minimum absolute atomic E-state index is 0.0803. The highest BCUT2D eigenvalue weighted by Crippen LogP contribution is 2.32.